The standard InChI is InChI=1S/C36H41N3O3/c1-26(36(41)42-5)22-32(24-37-2)31-12-9-13-34(23-31)39(35(40)30-10-7-6-8-11-30)25-27-14-16-28(17-15-27)29-18-20-33(21-19-29)38(3)4/h9,12-24,30H,2,6-8,10-11,25H2,1,3-5H3/b26-22+,32-24+. The molecule has 0 spiro atoms. The van der Waals surface area contributed by atoms with Crippen LogP contribution in [0.4, 0.5) is 11.4 Å². The zero-order valence-electron chi connectivity index (χ0n) is 25.2. The van der Waals surface area contributed by atoms with Crippen LogP contribution in [0, 0.1) is 5.92 Å². The maximum absolute atomic E-state index is 14.0. The molecule has 3 aromatic rings. The molecule has 0 saturated heterocycles. The molecule has 0 unspecified atom stereocenters. The van der Waals surface area contributed by atoms with Gasteiger partial charge in [-0.2, -0.15) is 0 Å². The molecule has 1 aliphatic carbocycles. The van der Waals surface area contributed by atoms with E-state index in [4.69, 9.17) is 4.74 Å². The second-order valence-electron chi connectivity index (χ2n) is 11.0. The summed E-state index contributed by atoms with van der Waals surface area (Å²) in [5, 5.41) is 0. The van der Waals surface area contributed by atoms with Gasteiger partial charge in [0.05, 0.1) is 13.7 Å². The van der Waals surface area contributed by atoms with Crippen LogP contribution < -0.4 is 9.80 Å². The molecule has 6 nitrogen and oxygen atoms in total. The normalized spacial score (nSPS) is 14.3. The number of hydrogen-bond acceptors (Lipinski definition) is 5. The summed E-state index contributed by atoms with van der Waals surface area (Å²) in [7, 11) is 5.43. The first-order chi connectivity index (χ1) is 20.3. The molecule has 3 aromatic carbocycles. The zero-order valence-corrected chi connectivity index (χ0v) is 25.2. The Bertz CT molecular complexity index is 1450. The number of hydrogen-bond donors (Lipinski definition) is 0. The Balaban J connectivity index is 1.65. The minimum absolute atomic E-state index is 0.0169. The first-order valence-corrected chi connectivity index (χ1v) is 14.5. The first-order valence-electron chi connectivity index (χ1n) is 14.5. The summed E-state index contributed by atoms with van der Waals surface area (Å²) in [6.45, 7) is 5.77. The zero-order chi connectivity index (χ0) is 30.1. The molecule has 218 valence electrons. The highest BCUT2D eigenvalue weighted by Gasteiger charge is 2.27. The van der Waals surface area contributed by atoms with Gasteiger partial charge in [-0.25, -0.2) is 4.79 Å². The number of benzene rings is 3. The van der Waals surface area contributed by atoms with E-state index in [0.717, 1.165) is 59.3 Å². The fourth-order valence-corrected chi connectivity index (χ4v) is 5.40. The van der Waals surface area contributed by atoms with Gasteiger partial charge in [0, 0.05) is 48.7 Å². The molecule has 0 N–H and O–H groups in total. The minimum Gasteiger partial charge on any atom is -0.466 e. The average molecular weight is 564 g/mol. The molecule has 0 radical (unpaired) electrons. The number of rotatable bonds is 10. The highest BCUT2D eigenvalue weighted by Crippen LogP contribution is 2.31. The largest absolute Gasteiger partial charge is 0.466 e. The third-order valence-corrected chi connectivity index (χ3v) is 7.83. The molecular weight excluding hydrogens is 522 g/mol. The van der Waals surface area contributed by atoms with Crippen LogP contribution in [-0.2, 0) is 20.9 Å². The summed E-state index contributed by atoms with van der Waals surface area (Å²) in [5.41, 5.74) is 7.31. The van der Waals surface area contributed by atoms with Crippen LogP contribution >= 0.6 is 0 Å². The van der Waals surface area contributed by atoms with E-state index in [-0.39, 0.29) is 11.8 Å². The summed E-state index contributed by atoms with van der Waals surface area (Å²) in [5.74, 6) is -0.237. The molecule has 4 rings (SSSR count). The van der Waals surface area contributed by atoms with Crippen molar-refractivity contribution in [2.45, 2.75) is 45.6 Å². The molecule has 0 atom stereocenters. The van der Waals surface area contributed by atoms with E-state index in [1.807, 2.05) is 43.3 Å². The van der Waals surface area contributed by atoms with Crippen molar-refractivity contribution in [3.8, 4) is 11.1 Å². The number of carbonyl (C=O) groups excluding carboxylic acids is 2. The Labute approximate surface area is 250 Å². The lowest BCUT2D eigenvalue weighted by atomic mass is 9.88. The van der Waals surface area contributed by atoms with E-state index >= 15 is 0 Å². The van der Waals surface area contributed by atoms with Crippen LogP contribution in [0.1, 0.15) is 50.2 Å². The topological polar surface area (TPSA) is 62.2 Å². The van der Waals surface area contributed by atoms with Gasteiger partial charge in [0.15, 0.2) is 0 Å². The number of methoxy groups -OCH3 is 1. The molecule has 1 aliphatic rings. The quantitative estimate of drug-likeness (QED) is 0.110. The van der Waals surface area contributed by atoms with Gasteiger partial charge in [-0.3, -0.25) is 9.79 Å². The lowest BCUT2D eigenvalue weighted by Crippen LogP contribution is -2.36. The van der Waals surface area contributed by atoms with Gasteiger partial charge < -0.3 is 14.5 Å². The van der Waals surface area contributed by atoms with E-state index < -0.39 is 5.97 Å². The van der Waals surface area contributed by atoms with Crippen molar-refractivity contribution in [3.05, 3.63) is 102 Å². The molecule has 0 aromatic heterocycles. The van der Waals surface area contributed by atoms with E-state index in [0.29, 0.717) is 17.7 Å². The Morgan fingerprint density at radius 1 is 0.929 bits per heavy atom. The van der Waals surface area contributed by atoms with Crippen LogP contribution in [0.15, 0.2) is 95.6 Å². The Morgan fingerprint density at radius 2 is 1.57 bits per heavy atom. The van der Waals surface area contributed by atoms with Crippen LogP contribution in [0.25, 0.3) is 16.7 Å². The third-order valence-electron chi connectivity index (χ3n) is 7.83. The first kappa shape index (κ1) is 30.5. The van der Waals surface area contributed by atoms with Crippen LogP contribution in [0.2, 0.25) is 0 Å². The van der Waals surface area contributed by atoms with Crippen molar-refractivity contribution in [2.75, 3.05) is 31.0 Å². The SMILES string of the molecule is C=N/C=C(\C=C(/C)C(=O)OC)c1cccc(N(Cc2ccc(-c3ccc(N(C)C)cc3)cc2)C(=O)C2CCCCC2)c1. The molecule has 0 aliphatic heterocycles. The Hall–Kier alpha value is -4.45. The van der Waals surface area contributed by atoms with Crippen molar-refractivity contribution in [1.29, 1.82) is 0 Å². The van der Waals surface area contributed by atoms with Crippen LogP contribution in [0.5, 0.6) is 0 Å². The van der Waals surface area contributed by atoms with Gasteiger partial charge in [-0.05, 0) is 79.1 Å². The molecule has 1 fully saturated rings. The molecule has 1 saturated carbocycles. The number of ether oxygens (including phenoxy) is 1. The highest BCUT2D eigenvalue weighted by molar-refractivity contribution is 5.96. The molecule has 0 bridgehead atoms. The Morgan fingerprint density at radius 3 is 2.17 bits per heavy atom. The van der Waals surface area contributed by atoms with Gasteiger partial charge in [0.2, 0.25) is 5.91 Å². The maximum Gasteiger partial charge on any atom is 0.333 e. The van der Waals surface area contributed by atoms with Crippen molar-refractivity contribution in [3.63, 3.8) is 0 Å². The summed E-state index contributed by atoms with van der Waals surface area (Å²) in [6.07, 6.45) is 8.54. The Kier molecular flexibility index (Phi) is 10.5. The fraction of sp³-hybridized carbons (Fsp3) is 0.306. The van der Waals surface area contributed by atoms with Crippen molar-refractivity contribution >= 4 is 35.5 Å². The lowest BCUT2D eigenvalue weighted by molar-refractivity contribution is -0.136. The maximum atomic E-state index is 14.0. The van der Waals surface area contributed by atoms with Gasteiger partial charge >= 0.3 is 5.97 Å². The summed E-state index contributed by atoms with van der Waals surface area (Å²) >= 11 is 0. The highest BCUT2D eigenvalue weighted by atomic mass is 16.5. The van der Waals surface area contributed by atoms with E-state index in [1.54, 1.807) is 19.2 Å². The third kappa shape index (κ3) is 7.64. The summed E-state index contributed by atoms with van der Waals surface area (Å²) < 4.78 is 4.87. The number of allylic oxidation sites excluding steroid dienone is 2. The number of anilines is 2. The van der Waals surface area contributed by atoms with E-state index in [9.17, 15) is 9.59 Å². The number of amides is 1. The second kappa shape index (κ2) is 14.4. The van der Waals surface area contributed by atoms with Crippen LogP contribution in [-0.4, -0.2) is 39.8 Å². The lowest BCUT2D eigenvalue weighted by Gasteiger charge is -2.30. The van der Waals surface area contributed by atoms with Crippen molar-refractivity contribution < 1.29 is 14.3 Å². The average Bonchev–Trinajstić information content (AvgIpc) is 3.03. The van der Waals surface area contributed by atoms with Crippen LogP contribution in [0.3, 0.4) is 0 Å². The summed E-state index contributed by atoms with van der Waals surface area (Å²) in [4.78, 5) is 34.0. The van der Waals surface area contributed by atoms with Gasteiger partial charge in [0.1, 0.15) is 0 Å². The van der Waals surface area contributed by atoms with Gasteiger partial charge in [-0.15, -0.1) is 0 Å². The number of nitrogens with zero attached hydrogens (tertiary/aromatic N) is 3. The molecule has 6 heteroatoms. The molecular formula is C36H41N3O3. The predicted molar refractivity (Wildman–Crippen MR) is 174 cm³/mol. The number of aliphatic imine (C=N–C) groups is 1. The number of esters is 1. The van der Waals surface area contributed by atoms with Gasteiger partial charge in [0.25, 0.3) is 0 Å². The van der Waals surface area contributed by atoms with Crippen molar-refractivity contribution in [2.24, 2.45) is 10.9 Å². The van der Waals surface area contributed by atoms with Crippen molar-refractivity contribution in [1.82, 2.24) is 0 Å². The second-order valence-corrected chi connectivity index (χ2v) is 11.0. The minimum atomic E-state index is -0.410. The van der Waals surface area contributed by atoms with Gasteiger partial charge in [-0.1, -0.05) is 67.8 Å². The molecule has 42 heavy (non-hydrogen) atoms. The van der Waals surface area contributed by atoms with E-state index in [1.165, 1.54) is 13.5 Å². The molecule has 0 heterocycles. The molecule has 1 amide bonds. The summed E-state index contributed by atoms with van der Waals surface area (Å²) in [6, 6.07) is 24.8. The monoisotopic (exact) mass is 563 g/mol. The number of carbonyl (C=O) groups is 2. The smallest absolute Gasteiger partial charge is 0.333 e. The fourth-order valence-electron chi connectivity index (χ4n) is 5.40. The predicted octanol–water partition coefficient (Wildman–Crippen LogP) is 7.69. The van der Waals surface area contributed by atoms with E-state index in [2.05, 4.69) is 65.1 Å².